The van der Waals surface area contributed by atoms with E-state index in [0.717, 1.165) is 20.9 Å². The lowest BCUT2D eigenvalue weighted by Crippen LogP contribution is -2.04. The van der Waals surface area contributed by atoms with Gasteiger partial charge in [0.1, 0.15) is 5.75 Å². The molecule has 5 rings (SSSR count). The van der Waals surface area contributed by atoms with Gasteiger partial charge < -0.3 is 9.82 Å². The lowest BCUT2D eigenvalue weighted by molar-refractivity contribution is 0.332. The topological polar surface area (TPSA) is 38.3 Å². The van der Waals surface area contributed by atoms with Crippen LogP contribution in [0.5, 0.6) is 11.5 Å². The van der Waals surface area contributed by atoms with Crippen LogP contribution in [0.4, 0.5) is 27.6 Å². The van der Waals surface area contributed by atoms with E-state index in [1.807, 2.05) is 60.7 Å². The first-order chi connectivity index (χ1) is 18.2. The summed E-state index contributed by atoms with van der Waals surface area (Å²) in [5, 5.41) is 3.01. The molecule has 0 spiro atoms. The van der Waals surface area contributed by atoms with Crippen LogP contribution in [-0.4, -0.2) is 0 Å². The Balaban J connectivity index is 1.44. The van der Waals surface area contributed by atoms with Crippen LogP contribution in [0, 0.1) is 29.1 Å². The number of ether oxygens (including phenoxy) is 1. The minimum Gasteiger partial charge on any atom is -0.451 e. The molecule has 3 nitrogen and oxygen atoms in total. The van der Waals surface area contributed by atoms with Gasteiger partial charge in [0.05, 0.1) is 0 Å². The molecule has 10 heteroatoms. The van der Waals surface area contributed by atoms with E-state index < -0.39 is 42.1 Å². The zero-order chi connectivity index (χ0) is 26.9. The molecule has 1 aliphatic rings. The normalized spacial score (nSPS) is 14.4. The summed E-state index contributed by atoms with van der Waals surface area (Å²) in [5.41, 5.74) is 2.18. The molecule has 0 saturated carbocycles. The highest BCUT2D eigenvalue weighted by Crippen LogP contribution is 2.60. The molecule has 4 aromatic rings. The lowest BCUT2D eigenvalue weighted by atomic mass is 10.2. The van der Waals surface area contributed by atoms with E-state index in [0.29, 0.717) is 5.69 Å². The van der Waals surface area contributed by atoms with Crippen LogP contribution < -0.4 is 9.82 Å². The van der Waals surface area contributed by atoms with Crippen molar-refractivity contribution in [2.45, 2.75) is 0 Å². The molecule has 0 unspecified atom stereocenters. The van der Waals surface area contributed by atoms with Crippen molar-refractivity contribution in [3.8, 4) is 11.5 Å². The largest absolute Gasteiger partial charge is 0.451 e. The van der Waals surface area contributed by atoms with Gasteiger partial charge in [0.25, 0.3) is 0 Å². The molecule has 38 heavy (non-hydrogen) atoms. The second-order valence-corrected chi connectivity index (χ2v) is 11.4. The van der Waals surface area contributed by atoms with Crippen LogP contribution >= 0.6 is 19.1 Å². The molecular formula is C28H17F5NO2PS. The molecular weight excluding hydrogens is 540 g/mol. The number of rotatable bonds is 6. The maximum absolute atomic E-state index is 14.0. The molecule has 4 aromatic carbocycles. The van der Waals surface area contributed by atoms with Gasteiger partial charge in [-0.05, 0) is 35.4 Å². The number of nitrogens with one attached hydrogen (secondary N) is 1. The van der Waals surface area contributed by atoms with Crippen LogP contribution in [0.15, 0.2) is 96.6 Å². The minimum atomic E-state index is -3.29. The van der Waals surface area contributed by atoms with E-state index in [9.17, 15) is 26.5 Å². The Morgan fingerprint density at radius 3 is 1.53 bits per heavy atom. The van der Waals surface area contributed by atoms with Crippen molar-refractivity contribution in [3.05, 3.63) is 137 Å². The van der Waals surface area contributed by atoms with E-state index in [1.54, 1.807) is 11.6 Å². The Bertz CT molecular complexity index is 1520. The fourth-order valence-corrected chi connectivity index (χ4v) is 7.54. The zero-order valence-electron chi connectivity index (χ0n) is 19.3. The Morgan fingerprint density at radius 2 is 1.05 bits per heavy atom. The maximum atomic E-state index is 14.0. The summed E-state index contributed by atoms with van der Waals surface area (Å²) in [6.07, 6.45) is 0. The standard InChI is InChI=1S/C28H17F5NO2PS/c29-23-24(30)26(32)28(27(33)25(23)31)36-20-13-11-19(12-14-20)34-37(35)15-21(17-7-3-1-4-8-17)38-22(16-37)18-9-5-2-6-10-18/h1-16H,(H,34,35). The lowest BCUT2D eigenvalue weighted by Gasteiger charge is -2.23. The Kier molecular flexibility index (Phi) is 7.15. The molecule has 0 fully saturated rings. The fourth-order valence-electron chi connectivity index (χ4n) is 3.68. The summed E-state index contributed by atoms with van der Waals surface area (Å²) in [4.78, 5) is 1.60. The second-order valence-electron chi connectivity index (χ2n) is 8.17. The van der Waals surface area contributed by atoms with E-state index in [2.05, 4.69) is 5.09 Å². The van der Waals surface area contributed by atoms with Crippen molar-refractivity contribution >= 4 is 34.6 Å². The number of hydrogen-bond donors (Lipinski definition) is 1. The molecule has 0 radical (unpaired) electrons. The molecule has 0 atom stereocenters. The van der Waals surface area contributed by atoms with Crippen molar-refractivity contribution < 1.29 is 31.3 Å². The van der Waals surface area contributed by atoms with Gasteiger partial charge in [-0.15, -0.1) is 0 Å². The summed E-state index contributed by atoms with van der Waals surface area (Å²) in [6.45, 7) is 0. The van der Waals surface area contributed by atoms with Crippen LogP contribution in [-0.2, 0) is 4.57 Å². The Morgan fingerprint density at radius 1 is 0.605 bits per heavy atom. The highest BCUT2D eigenvalue weighted by molar-refractivity contribution is 8.17. The number of hydrogen-bond acceptors (Lipinski definition) is 3. The van der Waals surface area contributed by atoms with Crippen LogP contribution in [0.25, 0.3) is 9.81 Å². The smallest absolute Gasteiger partial charge is 0.215 e. The number of benzene rings is 4. The van der Waals surface area contributed by atoms with E-state index in [-0.39, 0.29) is 5.75 Å². The first kappa shape index (κ1) is 25.8. The van der Waals surface area contributed by atoms with E-state index in [1.165, 1.54) is 36.0 Å². The van der Waals surface area contributed by atoms with Crippen molar-refractivity contribution in [1.29, 1.82) is 0 Å². The van der Waals surface area contributed by atoms with Gasteiger partial charge in [0.2, 0.25) is 42.1 Å². The number of thioether (sulfide) groups is 1. The third-order valence-corrected chi connectivity index (χ3v) is 8.89. The van der Waals surface area contributed by atoms with Crippen molar-refractivity contribution in [2.75, 3.05) is 5.09 Å². The van der Waals surface area contributed by atoms with Crippen LogP contribution in [0.3, 0.4) is 0 Å². The molecule has 0 bridgehead atoms. The van der Waals surface area contributed by atoms with Crippen LogP contribution in [0.1, 0.15) is 11.1 Å². The summed E-state index contributed by atoms with van der Waals surface area (Å²) < 4.78 is 87.2. The molecule has 0 saturated heterocycles. The molecule has 0 aromatic heterocycles. The third-order valence-electron chi connectivity index (χ3n) is 5.50. The summed E-state index contributed by atoms with van der Waals surface area (Å²) >= 11 is 1.49. The summed E-state index contributed by atoms with van der Waals surface area (Å²) in [5.74, 6) is -8.90. The van der Waals surface area contributed by atoms with Gasteiger partial charge in [-0.3, -0.25) is 4.57 Å². The van der Waals surface area contributed by atoms with E-state index >= 15 is 0 Å². The van der Waals surface area contributed by atoms with Crippen molar-refractivity contribution in [2.24, 2.45) is 0 Å². The Labute approximate surface area is 219 Å². The van der Waals surface area contributed by atoms with Crippen molar-refractivity contribution in [3.63, 3.8) is 0 Å². The monoisotopic (exact) mass is 557 g/mol. The molecule has 1 N–H and O–H groups in total. The fraction of sp³-hybridized carbons (Fsp3) is 0. The highest BCUT2D eigenvalue weighted by Gasteiger charge is 2.28. The van der Waals surface area contributed by atoms with Crippen molar-refractivity contribution in [1.82, 2.24) is 0 Å². The summed E-state index contributed by atoms with van der Waals surface area (Å²) in [6, 6.07) is 24.4. The van der Waals surface area contributed by atoms with Gasteiger partial charge in [0, 0.05) is 27.1 Å². The van der Waals surface area contributed by atoms with Gasteiger partial charge in [0.15, 0.2) is 0 Å². The Hall–Kier alpha value is -3.81. The predicted molar refractivity (Wildman–Crippen MR) is 140 cm³/mol. The number of halogens is 5. The molecule has 0 amide bonds. The quantitative estimate of drug-likeness (QED) is 0.111. The third kappa shape index (κ3) is 5.26. The average Bonchev–Trinajstić information content (AvgIpc) is 2.94. The zero-order valence-corrected chi connectivity index (χ0v) is 21.0. The molecule has 1 heterocycles. The molecule has 1 aliphatic heterocycles. The van der Waals surface area contributed by atoms with Crippen LogP contribution in [0.2, 0.25) is 0 Å². The number of anilines is 1. The summed E-state index contributed by atoms with van der Waals surface area (Å²) in [7, 11) is -3.29. The maximum Gasteiger partial charge on any atom is 0.215 e. The minimum absolute atomic E-state index is 0.183. The first-order valence-corrected chi connectivity index (χ1v) is 13.8. The average molecular weight is 557 g/mol. The van der Waals surface area contributed by atoms with Gasteiger partial charge in [-0.1, -0.05) is 72.4 Å². The van der Waals surface area contributed by atoms with Gasteiger partial charge >= 0.3 is 0 Å². The first-order valence-electron chi connectivity index (χ1n) is 11.2. The predicted octanol–water partition coefficient (Wildman–Crippen LogP) is 9.61. The molecule has 0 aliphatic carbocycles. The molecule has 192 valence electrons. The second kappa shape index (κ2) is 10.5. The highest BCUT2D eigenvalue weighted by atomic mass is 32.2. The van der Waals surface area contributed by atoms with Gasteiger partial charge in [-0.2, -0.15) is 8.78 Å². The van der Waals surface area contributed by atoms with Gasteiger partial charge in [-0.25, -0.2) is 13.2 Å². The SMILES string of the molecule is O=P1(Nc2ccc(Oc3c(F)c(F)c(F)c(F)c3F)cc2)C=C(c2ccccc2)SC(c2ccccc2)=C1. The van der Waals surface area contributed by atoms with E-state index in [4.69, 9.17) is 4.74 Å².